The highest BCUT2D eigenvalue weighted by molar-refractivity contribution is 8.00. The van der Waals surface area contributed by atoms with Crippen molar-refractivity contribution in [1.82, 2.24) is 4.90 Å². The number of nitrogens with zero attached hydrogens (tertiary/aromatic N) is 1. The van der Waals surface area contributed by atoms with Crippen LogP contribution in [-0.4, -0.2) is 29.9 Å². The summed E-state index contributed by atoms with van der Waals surface area (Å²) in [5, 5.41) is -0.224. The Bertz CT molecular complexity index is 717. The molecule has 0 radical (unpaired) electrons. The van der Waals surface area contributed by atoms with Crippen LogP contribution in [0.5, 0.6) is 0 Å². The Morgan fingerprint density at radius 3 is 2.58 bits per heavy atom. The predicted octanol–water partition coefficient (Wildman–Crippen LogP) is 3.70. The topological polar surface area (TPSA) is 46.3 Å². The minimum Gasteiger partial charge on any atom is -0.340 e. The normalized spacial score (nSPS) is 18.6. The number of benzene rings is 2. The molecule has 0 spiro atoms. The highest BCUT2D eigenvalue weighted by atomic mass is 32.2. The van der Waals surface area contributed by atoms with E-state index in [9.17, 15) is 4.79 Å². The minimum atomic E-state index is -0.224. The zero-order chi connectivity index (χ0) is 17.1. The fraction of sp³-hybridized carbons (Fsp3) is 0.350. The molecular weight excluding hydrogens is 316 g/mol. The van der Waals surface area contributed by atoms with E-state index in [4.69, 9.17) is 5.73 Å². The molecule has 1 unspecified atom stereocenters. The summed E-state index contributed by atoms with van der Waals surface area (Å²) in [7, 11) is 0. The molecule has 2 aromatic carbocycles. The van der Waals surface area contributed by atoms with Gasteiger partial charge in [-0.25, -0.2) is 0 Å². The van der Waals surface area contributed by atoms with Crippen LogP contribution in [0, 0.1) is 13.8 Å². The quantitative estimate of drug-likeness (QED) is 0.863. The number of hydrogen-bond donors (Lipinski definition) is 1. The van der Waals surface area contributed by atoms with Crippen LogP contribution in [0.3, 0.4) is 0 Å². The maximum atomic E-state index is 13.1. The molecule has 0 bridgehead atoms. The van der Waals surface area contributed by atoms with Crippen molar-refractivity contribution in [3.63, 3.8) is 0 Å². The molecule has 1 heterocycles. The summed E-state index contributed by atoms with van der Waals surface area (Å²) < 4.78 is 0. The van der Waals surface area contributed by atoms with E-state index in [1.807, 2.05) is 35.2 Å². The van der Waals surface area contributed by atoms with Gasteiger partial charge in [-0.05, 0) is 37.5 Å². The van der Waals surface area contributed by atoms with Crippen LogP contribution in [0.15, 0.2) is 53.4 Å². The van der Waals surface area contributed by atoms with Gasteiger partial charge in [0.15, 0.2) is 0 Å². The Labute approximate surface area is 148 Å². The van der Waals surface area contributed by atoms with Gasteiger partial charge in [-0.2, -0.15) is 0 Å². The fourth-order valence-corrected chi connectivity index (χ4v) is 4.29. The predicted molar refractivity (Wildman–Crippen MR) is 100 cm³/mol. The molecule has 2 N–H and O–H groups in total. The lowest BCUT2D eigenvalue weighted by atomic mass is 10.1. The summed E-state index contributed by atoms with van der Waals surface area (Å²) in [6, 6.07) is 16.5. The van der Waals surface area contributed by atoms with Gasteiger partial charge in [0.25, 0.3) is 0 Å². The first kappa shape index (κ1) is 17.1. The van der Waals surface area contributed by atoms with Crippen molar-refractivity contribution < 1.29 is 4.79 Å². The highest BCUT2D eigenvalue weighted by Crippen LogP contribution is 2.39. The van der Waals surface area contributed by atoms with Gasteiger partial charge in [-0.15, -0.1) is 11.8 Å². The Morgan fingerprint density at radius 2 is 1.96 bits per heavy atom. The molecule has 1 saturated heterocycles. The number of aryl methyl sites for hydroxylation is 2. The third kappa shape index (κ3) is 3.82. The molecule has 1 fully saturated rings. The molecule has 0 saturated carbocycles. The van der Waals surface area contributed by atoms with Gasteiger partial charge < -0.3 is 10.6 Å². The third-order valence-corrected chi connectivity index (χ3v) is 5.86. The summed E-state index contributed by atoms with van der Waals surface area (Å²) >= 11 is 1.64. The van der Waals surface area contributed by atoms with Gasteiger partial charge in [0, 0.05) is 24.0 Å². The minimum absolute atomic E-state index is 0.108. The second-order valence-corrected chi connectivity index (χ2v) is 7.66. The van der Waals surface area contributed by atoms with E-state index in [-0.39, 0.29) is 17.2 Å². The highest BCUT2D eigenvalue weighted by Gasteiger charge is 2.31. The zero-order valence-corrected chi connectivity index (χ0v) is 15.1. The summed E-state index contributed by atoms with van der Waals surface area (Å²) in [5.41, 5.74) is 9.50. The lowest BCUT2D eigenvalue weighted by Gasteiger charge is -2.24. The van der Waals surface area contributed by atoms with Crippen molar-refractivity contribution in [3.8, 4) is 0 Å². The Hall–Kier alpha value is -1.78. The van der Waals surface area contributed by atoms with Gasteiger partial charge in [-0.1, -0.05) is 48.0 Å². The number of carbonyl (C=O) groups excluding carboxylic acids is 1. The zero-order valence-electron chi connectivity index (χ0n) is 14.2. The summed E-state index contributed by atoms with van der Waals surface area (Å²) in [4.78, 5) is 16.2. The van der Waals surface area contributed by atoms with Crippen LogP contribution in [0.25, 0.3) is 0 Å². The monoisotopic (exact) mass is 340 g/mol. The number of amides is 1. The molecule has 3 nitrogen and oxygen atoms in total. The number of rotatable bonds is 4. The van der Waals surface area contributed by atoms with Crippen LogP contribution in [0.1, 0.15) is 28.4 Å². The molecule has 3 rings (SSSR count). The number of thioether (sulfide) groups is 1. The van der Waals surface area contributed by atoms with E-state index in [0.717, 1.165) is 23.4 Å². The first-order valence-corrected chi connectivity index (χ1v) is 9.26. The summed E-state index contributed by atoms with van der Waals surface area (Å²) in [6.07, 6.45) is 0.890. The van der Waals surface area contributed by atoms with Gasteiger partial charge in [0.1, 0.15) is 5.25 Å². The number of hydrogen-bond acceptors (Lipinski definition) is 3. The molecule has 0 aromatic heterocycles. The molecule has 24 heavy (non-hydrogen) atoms. The van der Waals surface area contributed by atoms with Crippen LogP contribution in [-0.2, 0) is 4.79 Å². The van der Waals surface area contributed by atoms with Crippen LogP contribution in [0.2, 0.25) is 0 Å². The van der Waals surface area contributed by atoms with E-state index < -0.39 is 0 Å². The molecule has 2 aromatic rings. The standard InChI is InChI=1S/C20H24N2OS/c1-14-8-9-18(15(2)12-14)24-19(16-6-4-3-5-7-16)20(23)22-11-10-17(21)13-22/h3-9,12,17,19H,10-11,13,21H2,1-2H3/t17-,19?/m1/s1. The smallest absolute Gasteiger partial charge is 0.240 e. The van der Waals surface area contributed by atoms with Crippen molar-refractivity contribution in [2.75, 3.05) is 13.1 Å². The largest absolute Gasteiger partial charge is 0.340 e. The molecule has 1 aliphatic rings. The number of nitrogens with two attached hydrogens (primary N) is 1. The maximum absolute atomic E-state index is 13.1. The molecule has 126 valence electrons. The van der Waals surface area contributed by atoms with Gasteiger partial charge in [-0.3, -0.25) is 4.79 Å². The lowest BCUT2D eigenvalue weighted by Crippen LogP contribution is -2.34. The lowest BCUT2D eigenvalue weighted by molar-refractivity contribution is -0.129. The van der Waals surface area contributed by atoms with Crippen LogP contribution in [0.4, 0.5) is 0 Å². The second kappa shape index (κ2) is 7.41. The van der Waals surface area contributed by atoms with Gasteiger partial charge >= 0.3 is 0 Å². The van der Waals surface area contributed by atoms with Crippen molar-refractivity contribution in [2.24, 2.45) is 5.73 Å². The molecule has 2 atom stereocenters. The van der Waals surface area contributed by atoms with E-state index in [1.54, 1.807) is 11.8 Å². The molecule has 4 heteroatoms. The van der Waals surface area contributed by atoms with Gasteiger partial charge in [0.05, 0.1) is 0 Å². The molecule has 1 amide bonds. The van der Waals surface area contributed by atoms with E-state index >= 15 is 0 Å². The second-order valence-electron chi connectivity index (χ2n) is 6.51. The molecule has 1 aliphatic heterocycles. The van der Waals surface area contributed by atoms with E-state index in [2.05, 4.69) is 32.0 Å². The number of likely N-dealkylation sites (tertiary alicyclic amines) is 1. The van der Waals surface area contributed by atoms with Crippen molar-refractivity contribution in [1.29, 1.82) is 0 Å². The maximum Gasteiger partial charge on any atom is 0.240 e. The van der Waals surface area contributed by atoms with E-state index in [1.165, 1.54) is 11.1 Å². The van der Waals surface area contributed by atoms with Crippen molar-refractivity contribution in [3.05, 3.63) is 65.2 Å². The summed E-state index contributed by atoms with van der Waals surface area (Å²) in [6.45, 7) is 5.62. The van der Waals surface area contributed by atoms with Crippen molar-refractivity contribution >= 4 is 17.7 Å². The SMILES string of the molecule is Cc1ccc(SC(C(=O)N2CC[C@@H](N)C2)c2ccccc2)c(C)c1. The molecular formula is C20H24N2OS. The first-order chi connectivity index (χ1) is 11.5. The first-order valence-electron chi connectivity index (χ1n) is 8.38. The number of carbonyl (C=O) groups is 1. The summed E-state index contributed by atoms with van der Waals surface area (Å²) in [5.74, 6) is 0.166. The van der Waals surface area contributed by atoms with Crippen molar-refractivity contribution in [2.45, 2.75) is 36.5 Å². The Balaban J connectivity index is 1.89. The average molecular weight is 340 g/mol. The third-order valence-electron chi connectivity index (χ3n) is 4.44. The molecule has 0 aliphatic carbocycles. The van der Waals surface area contributed by atoms with Gasteiger partial charge in [0.2, 0.25) is 5.91 Å². The van der Waals surface area contributed by atoms with Crippen LogP contribution >= 0.6 is 11.8 Å². The average Bonchev–Trinajstić information content (AvgIpc) is 3.01. The Kier molecular flexibility index (Phi) is 5.27. The fourth-order valence-electron chi connectivity index (χ4n) is 3.10. The van der Waals surface area contributed by atoms with Crippen LogP contribution < -0.4 is 5.73 Å². The Morgan fingerprint density at radius 1 is 1.21 bits per heavy atom. The van der Waals surface area contributed by atoms with E-state index in [0.29, 0.717) is 6.54 Å².